The molecule has 1 aromatic rings. The van der Waals surface area contributed by atoms with Gasteiger partial charge in [-0.1, -0.05) is 0 Å². The van der Waals surface area contributed by atoms with Gasteiger partial charge < -0.3 is 9.47 Å². The minimum absolute atomic E-state index is 0.0742. The smallest absolute Gasteiger partial charge is 0.345 e. The fourth-order valence-corrected chi connectivity index (χ4v) is 1.45. The topological polar surface area (TPSA) is 52.6 Å². The molecule has 0 amide bonds. The van der Waals surface area contributed by atoms with Crippen LogP contribution in [-0.4, -0.2) is 25.0 Å². The van der Waals surface area contributed by atoms with Crippen molar-refractivity contribution < 1.29 is 36.6 Å². The Morgan fingerprint density at radius 2 is 1.68 bits per heavy atom. The van der Waals surface area contributed by atoms with Crippen molar-refractivity contribution in [3.63, 3.8) is 0 Å². The number of carbonyl (C=O) groups is 2. The fourth-order valence-electron chi connectivity index (χ4n) is 1.45. The third kappa shape index (κ3) is 3.63. The molecule has 0 aromatic heterocycles. The average Bonchev–Trinajstić information content (AvgIpc) is 2.49. The molecule has 8 heteroatoms. The molecule has 0 saturated carbocycles. The molecule has 0 saturated heterocycles. The Bertz CT molecular complexity index is 626. The summed E-state index contributed by atoms with van der Waals surface area (Å²) >= 11 is 0. The second kappa shape index (κ2) is 7.58. The summed E-state index contributed by atoms with van der Waals surface area (Å²) in [6, 6.07) is 0.162. The summed E-state index contributed by atoms with van der Waals surface area (Å²) in [5.41, 5.74) is -1.91. The number of carbonyl (C=O) groups excluding carboxylic acids is 2. The molecule has 0 aliphatic rings. The summed E-state index contributed by atoms with van der Waals surface area (Å²) in [7, 11) is 0. The van der Waals surface area contributed by atoms with Crippen LogP contribution < -0.4 is 0 Å². The van der Waals surface area contributed by atoms with E-state index >= 15 is 0 Å². The number of benzene rings is 1. The molecule has 0 N–H and O–H groups in total. The molecule has 0 unspecified atom stereocenters. The van der Waals surface area contributed by atoms with E-state index in [-0.39, 0.29) is 19.3 Å². The van der Waals surface area contributed by atoms with Gasteiger partial charge in [0.2, 0.25) is 5.78 Å². The summed E-state index contributed by atoms with van der Waals surface area (Å²) < 4.78 is 62.1. The molecule has 0 spiro atoms. The van der Waals surface area contributed by atoms with Gasteiger partial charge in [0, 0.05) is 0 Å². The van der Waals surface area contributed by atoms with Gasteiger partial charge in [0.1, 0.15) is 11.8 Å². The van der Waals surface area contributed by atoms with E-state index in [2.05, 4.69) is 4.74 Å². The third-order valence-corrected chi connectivity index (χ3v) is 2.46. The predicted molar refractivity (Wildman–Crippen MR) is 66.9 cm³/mol. The van der Waals surface area contributed by atoms with Crippen molar-refractivity contribution in [2.24, 2.45) is 0 Å². The molecule has 0 bridgehead atoms. The maximum atomic E-state index is 13.6. The van der Waals surface area contributed by atoms with Crippen LogP contribution in [0.1, 0.15) is 24.2 Å². The van der Waals surface area contributed by atoms with Gasteiger partial charge in [0.25, 0.3) is 0 Å². The number of ether oxygens (including phenoxy) is 2. The Hall–Kier alpha value is -2.38. The van der Waals surface area contributed by atoms with Gasteiger partial charge in [-0.15, -0.1) is 0 Å². The zero-order valence-corrected chi connectivity index (χ0v) is 11.7. The van der Waals surface area contributed by atoms with Crippen LogP contribution in [0.25, 0.3) is 0 Å². The zero-order chi connectivity index (χ0) is 16.9. The van der Waals surface area contributed by atoms with Gasteiger partial charge in [0.15, 0.2) is 23.3 Å². The fraction of sp³-hybridized carbons (Fsp3) is 0.286. The van der Waals surface area contributed by atoms with E-state index in [4.69, 9.17) is 4.74 Å². The van der Waals surface area contributed by atoms with Gasteiger partial charge in [0.05, 0.1) is 18.8 Å². The Morgan fingerprint density at radius 3 is 2.23 bits per heavy atom. The summed E-state index contributed by atoms with van der Waals surface area (Å²) in [6.45, 7) is 2.98. The number of rotatable bonds is 6. The van der Waals surface area contributed by atoms with E-state index in [1.165, 1.54) is 6.92 Å². The largest absolute Gasteiger partial charge is 0.500 e. The summed E-state index contributed by atoms with van der Waals surface area (Å²) in [6.07, 6.45) is 0.693. The van der Waals surface area contributed by atoms with Gasteiger partial charge in [-0.05, 0) is 19.9 Å². The number of esters is 1. The lowest BCUT2D eigenvalue weighted by atomic mass is 10.0. The summed E-state index contributed by atoms with van der Waals surface area (Å²) in [5.74, 6) is -10.4. The van der Waals surface area contributed by atoms with Gasteiger partial charge >= 0.3 is 5.97 Å². The molecular weight excluding hydrogens is 308 g/mol. The Kier molecular flexibility index (Phi) is 6.09. The first-order chi connectivity index (χ1) is 10.3. The highest BCUT2D eigenvalue weighted by atomic mass is 19.2. The maximum absolute atomic E-state index is 13.6. The van der Waals surface area contributed by atoms with E-state index in [0.717, 1.165) is 0 Å². The van der Waals surface area contributed by atoms with Crippen LogP contribution in [0.15, 0.2) is 17.9 Å². The van der Waals surface area contributed by atoms with Gasteiger partial charge in [-0.3, -0.25) is 4.79 Å². The first kappa shape index (κ1) is 17.7. The minimum atomic E-state index is -2.15. The Balaban J connectivity index is 3.34. The minimum Gasteiger partial charge on any atom is -0.500 e. The van der Waals surface area contributed by atoms with E-state index in [0.29, 0.717) is 6.26 Å². The lowest BCUT2D eigenvalue weighted by molar-refractivity contribution is -0.138. The second-order valence-electron chi connectivity index (χ2n) is 3.88. The summed E-state index contributed by atoms with van der Waals surface area (Å²) in [4.78, 5) is 23.7. The average molecular weight is 320 g/mol. The highest BCUT2D eigenvalue weighted by Crippen LogP contribution is 2.21. The molecule has 22 heavy (non-hydrogen) atoms. The molecule has 1 aromatic carbocycles. The molecule has 120 valence electrons. The number of halogens is 4. The molecule has 4 nitrogen and oxygen atoms in total. The molecular formula is C14H12F4O4. The molecule has 0 atom stereocenters. The van der Waals surface area contributed by atoms with E-state index in [9.17, 15) is 27.2 Å². The lowest BCUT2D eigenvalue weighted by Crippen LogP contribution is -2.19. The molecule has 0 fully saturated rings. The van der Waals surface area contributed by atoms with E-state index < -0.39 is 46.2 Å². The quantitative estimate of drug-likeness (QED) is 0.0931. The van der Waals surface area contributed by atoms with E-state index in [1.54, 1.807) is 6.92 Å². The second-order valence-corrected chi connectivity index (χ2v) is 3.88. The normalized spacial score (nSPS) is 11.3. The first-order valence-corrected chi connectivity index (χ1v) is 6.21. The van der Waals surface area contributed by atoms with Crippen molar-refractivity contribution in [2.45, 2.75) is 13.8 Å². The lowest BCUT2D eigenvalue weighted by Gasteiger charge is -2.08. The molecule has 0 radical (unpaired) electrons. The van der Waals surface area contributed by atoms with Crippen LogP contribution in [-0.2, 0) is 14.3 Å². The van der Waals surface area contributed by atoms with Crippen molar-refractivity contribution in [3.8, 4) is 0 Å². The van der Waals surface area contributed by atoms with Crippen LogP contribution in [0.4, 0.5) is 17.6 Å². The Morgan fingerprint density at radius 1 is 1.05 bits per heavy atom. The highest BCUT2D eigenvalue weighted by Gasteiger charge is 2.29. The maximum Gasteiger partial charge on any atom is 0.345 e. The zero-order valence-electron chi connectivity index (χ0n) is 11.7. The molecule has 0 heterocycles. The molecule has 1 rings (SSSR count). The number of ketones is 1. The van der Waals surface area contributed by atoms with Crippen molar-refractivity contribution in [1.82, 2.24) is 0 Å². The van der Waals surface area contributed by atoms with Crippen molar-refractivity contribution in [2.75, 3.05) is 13.2 Å². The number of hydrogen-bond donors (Lipinski definition) is 0. The SMILES string of the molecule is CCO/C=C(/C(=O)OCC)C(=O)c1cc(F)c(F)c(F)c1F. The molecule has 0 aliphatic carbocycles. The summed E-state index contributed by atoms with van der Waals surface area (Å²) in [5, 5.41) is 0. The predicted octanol–water partition coefficient (Wildman–Crippen LogP) is 2.91. The van der Waals surface area contributed by atoms with Crippen molar-refractivity contribution in [1.29, 1.82) is 0 Å². The van der Waals surface area contributed by atoms with Gasteiger partial charge in [-0.2, -0.15) is 0 Å². The standard InChI is InChI=1S/C14H12F4O4/c1-3-21-6-8(14(20)22-4-2)13(19)7-5-9(15)11(17)12(18)10(7)16/h5-6H,3-4H2,1-2H3/b8-6+. The van der Waals surface area contributed by atoms with E-state index in [1.807, 2.05) is 0 Å². The van der Waals surface area contributed by atoms with Crippen molar-refractivity contribution >= 4 is 11.8 Å². The van der Waals surface area contributed by atoms with Crippen LogP contribution in [0.2, 0.25) is 0 Å². The number of hydrogen-bond acceptors (Lipinski definition) is 4. The van der Waals surface area contributed by atoms with Crippen molar-refractivity contribution in [3.05, 3.63) is 46.7 Å². The third-order valence-electron chi connectivity index (χ3n) is 2.46. The highest BCUT2D eigenvalue weighted by molar-refractivity contribution is 6.24. The van der Waals surface area contributed by atoms with Crippen LogP contribution >= 0.6 is 0 Å². The monoisotopic (exact) mass is 320 g/mol. The number of Topliss-reactive ketones (excluding diaryl/α,β-unsaturated/α-hetero) is 1. The van der Waals surface area contributed by atoms with Gasteiger partial charge in [-0.25, -0.2) is 22.4 Å². The Labute approximate surface area is 123 Å². The van der Waals surface area contributed by atoms with Crippen LogP contribution in [0, 0.1) is 23.3 Å². The van der Waals surface area contributed by atoms with Crippen LogP contribution in [0.5, 0.6) is 0 Å². The first-order valence-electron chi connectivity index (χ1n) is 6.21. The molecule has 0 aliphatic heterocycles. The van der Waals surface area contributed by atoms with Crippen LogP contribution in [0.3, 0.4) is 0 Å².